The highest BCUT2D eigenvalue weighted by Gasteiger charge is 2.13. The molecule has 0 aliphatic rings. The van der Waals surface area contributed by atoms with E-state index < -0.39 is 0 Å². The Bertz CT molecular complexity index is 996. The fourth-order valence-corrected chi connectivity index (χ4v) is 2.82. The Hall–Kier alpha value is -2.92. The van der Waals surface area contributed by atoms with E-state index in [4.69, 9.17) is 0 Å². The molecule has 0 aliphatic heterocycles. The maximum atomic E-state index is 14.0. The second kappa shape index (κ2) is 7.14. The van der Waals surface area contributed by atoms with Crippen molar-refractivity contribution in [1.82, 2.24) is 15.0 Å². The number of hydrogen-bond acceptors (Lipinski definition) is 3. The van der Waals surface area contributed by atoms with Gasteiger partial charge in [-0.15, -0.1) is 0 Å². The quantitative estimate of drug-likeness (QED) is 0.433. The van der Waals surface area contributed by atoms with Gasteiger partial charge in [0.1, 0.15) is 5.82 Å². The predicted octanol–water partition coefficient (Wildman–Crippen LogP) is 5.77. The number of hydrogen-bond donors (Lipinski definition) is 0. The van der Waals surface area contributed by atoms with Gasteiger partial charge in [-0.05, 0) is 34.1 Å². The minimum atomic E-state index is -0.356. The lowest BCUT2D eigenvalue weighted by Crippen LogP contribution is -2.00. The van der Waals surface area contributed by atoms with Crippen molar-refractivity contribution in [3.05, 3.63) is 89.2 Å². The Morgan fingerprint density at radius 1 is 0.577 bits per heavy atom. The molecule has 0 amide bonds. The number of halogens is 2. The lowest BCUT2D eigenvalue weighted by Gasteiger charge is -2.08. The summed E-state index contributed by atoms with van der Waals surface area (Å²) in [5.74, 6) is 1.19. The van der Waals surface area contributed by atoms with E-state index >= 15 is 0 Å². The maximum Gasteiger partial charge on any atom is 0.164 e. The minimum Gasteiger partial charge on any atom is -0.208 e. The van der Waals surface area contributed by atoms with Gasteiger partial charge in [0.2, 0.25) is 0 Å². The Morgan fingerprint density at radius 2 is 1.04 bits per heavy atom. The van der Waals surface area contributed by atoms with Crippen LogP contribution in [0.3, 0.4) is 0 Å². The largest absolute Gasteiger partial charge is 0.208 e. The van der Waals surface area contributed by atoms with E-state index in [0.29, 0.717) is 27.5 Å². The zero-order valence-corrected chi connectivity index (χ0v) is 15.2. The summed E-state index contributed by atoms with van der Waals surface area (Å²) < 4.78 is 14.4. The van der Waals surface area contributed by atoms with E-state index in [-0.39, 0.29) is 5.82 Å². The first-order valence-electron chi connectivity index (χ1n) is 8.03. The highest BCUT2D eigenvalue weighted by Crippen LogP contribution is 2.26. The minimum absolute atomic E-state index is 0.356. The molecule has 0 saturated carbocycles. The van der Waals surface area contributed by atoms with E-state index in [1.54, 1.807) is 12.1 Å². The number of aromatic nitrogens is 3. The van der Waals surface area contributed by atoms with E-state index in [1.807, 2.05) is 60.7 Å². The molecule has 0 spiro atoms. The zero-order valence-electron chi connectivity index (χ0n) is 13.6. The summed E-state index contributed by atoms with van der Waals surface area (Å²) in [5.41, 5.74) is 2.36. The van der Waals surface area contributed by atoms with Crippen LogP contribution in [0.15, 0.2) is 83.3 Å². The molecule has 0 saturated heterocycles. The number of benzene rings is 3. The molecule has 126 valence electrons. The summed E-state index contributed by atoms with van der Waals surface area (Å²) in [7, 11) is 0. The van der Waals surface area contributed by atoms with Crippen molar-refractivity contribution in [2.24, 2.45) is 0 Å². The average Bonchev–Trinajstić information content (AvgIpc) is 2.71. The third-order valence-electron chi connectivity index (χ3n) is 3.88. The van der Waals surface area contributed by atoms with Gasteiger partial charge in [0.15, 0.2) is 17.5 Å². The summed E-state index contributed by atoms with van der Waals surface area (Å²) in [5, 5.41) is 0. The summed E-state index contributed by atoms with van der Waals surface area (Å²) in [4.78, 5) is 13.7. The third kappa shape index (κ3) is 3.39. The lowest BCUT2D eigenvalue weighted by atomic mass is 10.1. The van der Waals surface area contributed by atoms with Crippen LogP contribution in [0, 0.1) is 5.82 Å². The molecule has 4 aromatic rings. The van der Waals surface area contributed by atoms with Crippen LogP contribution in [-0.4, -0.2) is 15.0 Å². The number of nitrogens with zero attached hydrogens (tertiary/aromatic N) is 3. The van der Waals surface area contributed by atoms with Crippen LogP contribution in [0.5, 0.6) is 0 Å². The SMILES string of the molecule is Fc1cc(-c2nc(-c3ccccc3)nc(-c3ccccc3)n2)ccc1Br. The third-order valence-corrected chi connectivity index (χ3v) is 4.52. The summed E-state index contributed by atoms with van der Waals surface area (Å²) in [6, 6.07) is 24.2. The molecular formula is C21H13BrFN3. The molecule has 0 fully saturated rings. The van der Waals surface area contributed by atoms with Crippen molar-refractivity contribution in [3.63, 3.8) is 0 Å². The molecule has 3 aromatic carbocycles. The van der Waals surface area contributed by atoms with Gasteiger partial charge in [0.25, 0.3) is 0 Å². The Labute approximate surface area is 158 Å². The zero-order chi connectivity index (χ0) is 17.9. The molecule has 0 aliphatic carbocycles. The fraction of sp³-hybridized carbons (Fsp3) is 0. The van der Waals surface area contributed by atoms with Crippen LogP contribution >= 0.6 is 15.9 Å². The first-order chi connectivity index (χ1) is 12.7. The van der Waals surface area contributed by atoms with Crippen molar-refractivity contribution < 1.29 is 4.39 Å². The molecule has 0 N–H and O–H groups in total. The molecule has 0 unspecified atom stereocenters. The van der Waals surface area contributed by atoms with Gasteiger partial charge >= 0.3 is 0 Å². The van der Waals surface area contributed by atoms with Gasteiger partial charge in [0, 0.05) is 16.7 Å². The molecule has 1 heterocycles. The van der Waals surface area contributed by atoms with Gasteiger partial charge < -0.3 is 0 Å². The molecule has 0 atom stereocenters. The molecule has 4 rings (SSSR count). The molecule has 1 aromatic heterocycles. The van der Waals surface area contributed by atoms with Gasteiger partial charge in [-0.3, -0.25) is 0 Å². The molecule has 3 nitrogen and oxygen atoms in total. The lowest BCUT2D eigenvalue weighted by molar-refractivity contribution is 0.621. The van der Waals surface area contributed by atoms with Gasteiger partial charge in [-0.25, -0.2) is 19.3 Å². The normalized spacial score (nSPS) is 10.7. The fourth-order valence-electron chi connectivity index (χ4n) is 2.57. The highest BCUT2D eigenvalue weighted by molar-refractivity contribution is 9.10. The smallest absolute Gasteiger partial charge is 0.164 e. The topological polar surface area (TPSA) is 38.7 Å². The van der Waals surface area contributed by atoms with Crippen molar-refractivity contribution in [2.75, 3.05) is 0 Å². The van der Waals surface area contributed by atoms with Crippen LogP contribution < -0.4 is 0 Å². The summed E-state index contributed by atoms with van der Waals surface area (Å²) in [6.07, 6.45) is 0. The maximum absolute atomic E-state index is 14.0. The van der Waals surface area contributed by atoms with Gasteiger partial charge in [0.05, 0.1) is 4.47 Å². The van der Waals surface area contributed by atoms with E-state index in [2.05, 4.69) is 30.9 Å². The van der Waals surface area contributed by atoms with E-state index in [0.717, 1.165) is 11.1 Å². The van der Waals surface area contributed by atoms with Crippen LogP contribution in [0.25, 0.3) is 34.2 Å². The van der Waals surface area contributed by atoms with E-state index in [1.165, 1.54) is 6.07 Å². The number of rotatable bonds is 3. The van der Waals surface area contributed by atoms with Crippen LogP contribution in [0.4, 0.5) is 4.39 Å². The molecule has 0 radical (unpaired) electrons. The highest BCUT2D eigenvalue weighted by atomic mass is 79.9. The standard InChI is InChI=1S/C21H13BrFN3/c22-17-12-11-16(13-18(17)23)21-25-19(14-7-3-1-4-8-14)24-20(26-21)15-9-5-2-6-10-15/h1-13H. The van der Waals surface area contributed by atoms with Gasteiger partial charge in [-0.2, -0.15) is 0 Å². The monoisotopic (exact) mass is 405 g/mol. The van der Waals surface area contributed by atoms with Crippen LogP contribution in [0.1, 0.15) is 0 Å². The Kier molecular flexibility index (Phi) is 4.54. The van der Waals surface area contributed by atoms with Crippen molar-refractivity contribution >= 4 is 15.9 Å². The molecule has 26 heavy (non-hydrogen) atoms. The molecular weight excluding hydrogens is 393 g/mol. The first kappa shape index (κ1) is 16.5. The average molecular weight is 406 g/mol. The van der Waals surface area contributed by atoms with Crippen molar-refractivity contribution in [1.29, 1.82) is 0 Å². The van der Waals surface area contributed by atoms with Crippen molar-refractivity contribution in [2.45, 2.75) is 0 Å². The predicted molar refractivity (Wildman–Crippen MR) is 104 cm³/mol. The Morgan fingerprint density at radius 3 is 1.50 bits per heavy atom. The molecule has 0 bridgehead atoms. The van der Waals surface area contributed by atoms with Crippen LogP contribution in [-0.2, 0) is 0 Å². The Balaban J connectivity index is 1.92. The summed E-state index contributed by atoms with van der Waals surface area (Å²) >= 11 is 3.18. The first-order valence-corrected chi connectivity index (χ1v) is 8.82. The van der Waals surface area contributed by atoms with Gasteiger partial charge in [-0.1, -0.05) is 60.7 Å². The van der Waals surface area contributed by atoms with Crippen LogP contribution in [0.2, 0.25) is 0 Å². The van der Waals surface area contributed by atoms with E-state index in [9.17, 15) is 4.39 Å². The summed E-state index contributed by atoms with van der Waals surface area (Å²) in [6.45, 7) is 0. The second-order valence-electron chi connectivity index (χ2n) is 5.67. The molecule has 5 heteroatoms. The second-order valence-corrected chi connectivity index (χ2v) is 6.52. The van der Waals surface area contributed by atoms with Crippen molar-refractivity contribution in [3.8, 4) is 34.2 Å².